The summed E-state index contributed by atoms with van der Waals surface area (Å²) in [5, 5.41) is 0. The van der Waals surface area contributed by atoms with Gasteiger partial charge >= 0.3 is 0 Å². The van der Waals surface area contributed by atoms with Crippen molar-refractivity contribution in [3.63, 3.8) is 0 Å². The minimum absolute atomic E-state index is 0.0157. The summed E-state index contributed by atoms with van der Waals surface area (Å²) in [7, 11) is -3.30. The lowest BCUT2D eigenvalue weighted by atomic mass is 10.0. The third-order valence-corrected chi connectivity index (χ3v) is 7.41. The normalized spacial score (nSPS) is 20.9. The van der Waals surface area contributed by atoms with Gasteiger partial charge in [-0.25, -0.2) is 8.42 Å². The van der Waals surface area contributed by atoms with Crippen molar-refractivity contribution in [2.24, 2.45) is 0 Å². The molecule has 0 aliphatic carbocycles. The molecule has 0 aromatic heterocycles. The Hall–Kier alpha value is -2.18. The van der Waals surface area contributed by atoms with Gasteiger partial charge in [0.15, 0.2) is 9.84 Å². The molecule has 2 aromatic carbocycles. The SMILES string of the molecule is Cc1ccc(C(=O)N2CCN(CCS(=O)(=O)c3ccccc3)[C@@H](C)[C@H]2C)cc1. The van der Waals surface area contributed by atoms with Crippen LogP contribution in [0.2, 0.25) is 0 Å². The van der Waals surface area contributed by atoms with E-state index in [2.05, 4.69) is 11.8 Å². The summed E-state index contributed by atoms with van der Waals surface area (Å²) in [6.07, 6.45) is 0. The van der Waals surface area contributed by atoms with Gasteiger partial charge in [-0.15, -0.1) is 0 Å². The molecule has 0 spiro atoms. The van der Waals surface area contributed by atoms with Gasteiger partial charge in [0, 0.05) is 37.3 Å². The first-order chi connectivity index (χ1) is 13.3. The number of carbonyl (C=O) groups excluding carboxylic acids is 1. The number of piperazine rings is 1. The van der Waals surface area contributed by atoms with Gasteiger partial charge in [0.25, 0.3) is 5.91 Å². The zero-order valence-corrected chi connectivity index (χ0v) is 17.5. The van der Waals surface area contributed by atoms with Gasteiger partial charge in [-0.3, -0.25) is 9.69 Å². The van der Waals surface area contributed by atoms with Gasteiger partial charge < -0.3 is 4.90 Å². The van der Waals surface area contributed by atoms with E-state index in [4.69, 9.17) is 0 Å². The maximum Gasteiger partial charge on any atom is 0.254 e. The average Bonchev–Trinajstić information content (AvgIpc) is 2.70. The summed E-state index contributed by atoms with van der Waals surface area (Å²) in [6.45, 7) is 7.84. The number of carbonyl (C=O) groups is 1. The largest absolute Gasteiger partial charge is 0.333 e. The van der Waals surface area contributed by atoms with Gasteiger partial charge in [-0.1, -0.05) is 35.9 Å². The summed E-state index contributed by atoms with van der Waals surface area (Å²) in [4.78, 5) is 17.3. The molecule has 1 heterocycles. The zero-order valence-electron chi connectivity index (χ0n) is 16.7. The molecule has 2 atom stereocenters. The maximum atomic E-state index is 12.9. The summed E-state index contributed by atoms with van der Waals surface area (Å²) in [5.74, 6) is 0.121. The van der Waals surface area contributed by atoms with Crippen molar-refractivity contribution in [2.45, 2.75) is 37.8 Å². The van der Waals surface area contributed by atoms with Crippen LogP contribution in [-0.4, -0.2) is 61.6 Å². The molecule has 28 heavy (non-hydrogen) atoms. The first kappa shape index (κ1) is 20.6. The fraction of sp³-hybridized carbons (Fsp3) is 0.409. The summed E-state index contributed by atoms with van der Waals surface area (Å²) in [6, 6.07) is 16.3. The summed E-state index contributed by atoms with van der Waals surface area (Å²) < 4.78 is 25.1. The Morgan fingerprint density at radius 1 is 0.964 bits per heavy atom. The fourth-order valence-electron chi connectivity index (χ4n) is 3.66. The molecule has 1 fully saturated rings. The number of benzene rings is 2. The molecule has 0 N–H and O–H groups in total. The van der Waals surface area contributed by atoms with Crippen molar-refractivity contribution in [3.8, 4) is 0 Å². The molecule has 1 aliphatic heterocycles. The third kappa shape index (κ3) is 4.45. The van der Waals surface area contributed by atoms with E-state index in [1.54, 1.807) is 24.3 Å². The van der Waals surface area contributed by atoms with Crippen molar-refractivity contribution in [1.82, 2.24) is 9.80 Å². The Bertz CT molecular complexity index is 911. The van der Waals surface area contributed by atoms with Crippen molar-refractivity contribution in [3.05, 3.63) is 65.7 Å². The van der Waals surface area contributed by atoms with E-state index in [1.807, 2.05) is 49.1 Å². The van der Waals surface area contributed by atoms with Crippen LogP contribution >= 0.6 is 0 Å². The van der Waals surface area contributed by atoms with Gasteiger partial charge in [-0.2, -0.15) is 0 Å². The molecule has 0 saturated carbocycles. The van der Waals surface area contributed by atoms with E-state index >= 15 is 0 Å². The molecule has 150 valence electrons. The Morgan fingerprint density at radius 3 is 2.25 bits per heavy atom. The van der Waals surface area contributed by atoms with Crippen molar-refractivity contribution < 1.29 is 13.2 Å². The van der Waals surface area contributed by atoms with E-state index in [0.29, 0.717) is 30.1 Å². The Labute approximate surface area is 167 Å². The third-order valence-electron chi connectivity index (χ3n) is 5.70. The second-order valence-electron chi connectivity index (χ2n) is 7.51. The van der Waals surface area contributed by atoms with Crippen LogP contribution in [0.1, 0.15) is 29.8 Å². The number of hydrogen-bond donors (Lipinski definition) is 0. The van der Waals surface area contributed by atoms with E-state index in [9.17, 15) is 13.2 Å². The van der Waals surface area contributed by atoms with Gasteiger partial charge in [-0.05, 0) is 45.0 Å². The minimum atomic E-state index is -3.30. The second-order valence-corrected chi connectivity index (χ2v) is 9.62. The quantitative estimate of drug-likeness (QED) is 0.774. The van der Waals surface area contributed by atoms with E-state index in [-0.39, 0.29) is 23.7 Å². The number of sulfone groups is 1. The number of hydrogen-bond acceptors (Lipinski definition) is 4. The molecule has 0 unspecified atom stereocenters. The highest BCUT2D eigenvalue weighted by Crippen LogP contribution is 2.20. The van der Waals surface area contributed by atoms with E-state index < -0.39 is 9.84 Å². The number of rotatable bonds is 5. The molecule has 2 aromatic rings. The van der Waals surface area contributed by atoms with Crippen LogP contribution in [-0.2, 0) is 9.84 Å². The van der Waals surface area contributed by atoms with Crippen LogP contribution in [0, 0.1) is 6.92 Å². The smallest absolute Gasteiger partial charge is 0.254 e. The van der Waals surface area contributed by atoms with Crippen molar-refractivity contribution in [1.29, 1.82) is 0 Å². The molecule has 6 heteroatoms. The predicted octanol–water partition coefficient (Wildman–Crippen LogP) is 3.00. The van der Waals surface area contributed by atoms with Crippen molar-refractivity contribution in [2.75, 3.05) is 25.4 Å². The number of amides is 1. The molecule has 1 saturated heterocycles. The molecule has 3 rings (SSSR count). The van der Waals surface area contributed by atoms with E-state index in [0.717, 1.165) is 5.56 Å². The highest BCUT2D eigenvalue weighted by atomic mass is 32.2. The number of nitrogens with zero attached hydrogens (tertiary/aromatic N) is 2. The van der Waals surface area contributed by atoms with Crippen LogP contribution in [0.4, 0.5) is 0 Å². The van der Waals surface area contributed by atoms with Crippen LogP contribution < -0.4 is 0 Å². The minimum Gasteiger partial charge on any atom is -0.333 e. The van der Waals surface area contributed by atoms with E-state index in [1.165, 1.54) is 0 Å². The highest BCUT2D eigenvalue weighted by Gasteiger charge is 2.34. The fourth-order valence-corrected chi connectivity index (χ4v) is 4.94. The lowest BCUT2D eigenvalue weighted by Gasteiger charge is -2.45. The summed E-state index contributed by atoms with van der Waals surface area (Å²) in [5.41, 5.74) is 1.83. The Kier molecular flexibility index (Phi) is 6.20. The second kappa shape index (κ2) is 8.45. The molecule has 1 amide bonds. The first-order valence-corrected chi connectivity index (χ1v) is 11.3. The first-order valence-electron chi connectivity index (χ1n) is 9.69. The van der Waals surface area contributed by atoms with Crippen LogP contribution in [0.15, 0.2) is 59.5 Å². The predicted molar refractivity (Wildman–Crippen MR) is 111 cm³/mol. The van der Waals surface area contributed by atoms with Crippen LogP contribution in [0.5, 0.6) is 0 Å². The molecule has 0 bridgehead atoms. The topological polar surface area (TPSA) is 57.7 Å². The average molecular weight is 401 g/mol. The zero-order chi connectivity index (χ0) is 20.3. The molecule has 1 aliphatic rings. The van der Waals surface area contributed by atoms with Gasteiger partial charge in [0.05, 0.1) is 10.6 Å². The number of aryl methyl sites for hydroxylation is 1. The van der Waals surface area contributed by atoms with Gasteiger partial charge in [0.1, 0.15) is 0 Å². The molecular weight excluding hydrogens is 372 g/mol. The lowest BCUT2D eigenvalue weighted by Crippen LogP contribution is -2.59. The van der Waals surface area contributed by atoms with Crippen molar-refractivity contribution >= 4 is 15.7 Å². The summed E-state index contributed by atoms with van der Waals surface area (Å²) >= 11 is 0. The maximum absolute atomic E-state index is 12.9. The Morgan fingerprint density at radius 2 is 1.61 bits per heavy atom. The molecule has 0 radical (unpaired) electrons. The van der Waals surface area contributed by atoms with Crippen LogP contribution in [0.25, 0.3) is 0 Å². The standard InChI is InChI=1S/C22H28N2O3S/c1-17-9-11-20(12-10-17)22(25)24-14-13-23(18(2)19(24)3)15-16-28(26,27)21-7-5-4-6-8-21/h4-12,18-19H,13-16H2,1-3H3/t18-,19+/m0/s1. The Balaban J connectivity index is 1.63. The van der Waals surface area contributed by atoms with Gasteiger partial charge in [0.2, 0.25) is 0 Å². The molecular formula is C22H28N2O3S. The lowest BCUT2D eigenvalue weighted by molar-refractivity contribution is 0.0300. The van der Waals surface area contributed by atoms with Crippen LogP contribution in [0.3, 0.4) is 0 Å². The molecule has 5 nitrogen and oxygen atoms in total. The monoisotopic (exact) mass is 400 g/mol. The highest BCUT2D eigenvalue weighted by molar-refractivity contribution is 7.91.